The first-order chi connectivity index (χ1) is 28.0. The first-order valence-corrected chi connectivity index (χ1v) is 20.2. The summed E-state index contributed by atoms with van der Waals surface area (Å²) in [6, 6.07) is 17.8. The van der Waals surface area contributed by atoms with Crippen LogP contribution in [0.15, 0.2) is 97.8 Å². The number of nitrogens with zero attached hydrogens (tertiary/aromatic N) is 4. The number of carbonyl (C=O) groups is 2. The Bertz CT molecular complexity index is 2040. The Labute approximate surface area is 346 Å². The van der Waals surface area contributed by atoms with Crippen molar-refractivity contribution >= 4 is 56.4 Å². The molecule has 0 aliphatic rings. The fraction of sp³-hybridized carbons (Fsp3) is 0.286. The van der Waals surface area contributed by atoms with Crippen molar-refractivity contribution in [3.63, 3.8) is 0 Å². The Kier molecular flexibility index (Phi) is 16.2. The van der Waals surface area contributed by atoms with Gasteiger partial charge in [-0.3, -0.25) is 20.6 Å². The van der Waals surface area contributed by atoms with Gasteiger partial charge in [0.25, 0.3) is 0 Å². The van der Waals surface area contributed by atoms with Crippen LogP contribution in [0, 0.1) is 25.7 Å². The molecule has 4 N–H and O–H groups in total. The van der Waals surface area contributed by atoms with Crippen LogP contribution in [0.25, 0.3) is 0 Å². The van der Waals surface area contributed by atoms with Crippen LogP contribution in [0.2, 0.25) is 0 Å². The van der Waals surface area contributed by atoms with Gasteiger partial charge in [-0.2, -0.15) is 0 Å². The van der Waals surface area contributed by atoms with E-state index >= 15 is 0 Å². The molecule has 0 atom stereocenters. The molecule has 0 radical (unpaired) electrons. The van der Waals surface area contributed by atoms with Gasteiger partial charge < -0.3 is 29.6 Å². The largest absolute Gasteiger partial charge is 0.491 e. The number of pyridine rings is 2. The van der Waals surface area contributed by atoms with Crippen LogP contribution >= 0.6 is 22.7 Å². The zero-order valence-corrected chi connectivity index (χ0v) is 34.9. The van der Waals surface area contributed by atoms with E-state index in [2.05, 4.69) is 68.9 Å². The van der Waals surface area contributed by atoms with Crippen molar-refractivity contribution in [1.82, 2.24) is 19.9 Å². The van der Waals surface area contributed by atoms with E-state index in [1.807, 2.05) is 62.4 Å². The monoisotopic (exact) mass is 824 g/mol. The number of nitrogens with one attached hydrogen (secondary N) is 4. The van der Waals surface area contributed by atoms with Gasteiger partial charge in [0.1, 0.15) is 36.2 Å². The number of benzene rings is 2. The maximum atomic E-state index is 12.4. The van der Waals surface area contributed by atoms with Crippen molar-refractivity contribution in [3.8, 4) is 23.0 Å². The van der Waals surface area contributed by atoms with Gasteiger partial charge in [0.2, 0.25) is 0 Å². The summed E-state index contributed by atoms with van der Waals surface area (Å²) in [4.78, 5) is 43.0. The predicted molar refractivity (Wildman–Crippen MR) is 230 cm³/mol. The molecule has 0 aliphatic carbocycles. The van der Waals surface area contributed by atoms with Gasteiger partial charge in [-0.15, -0.1) is 0 Å². The average Bonchev–Trinajstić information content (AvgIpc) is 3.86. The summed E-state index contributed by atoms with van der Waals surface area (Å²) < 4.78 is 23.0. The molecular weight excluding hydrogens is 777 g/mol. The molecule has 6 rings (SSSR count). The summed E-state index contributed by atoms with van der Waals surface area (Å²) in [5, 5.41) is 12.1. The van der Waals surface area contributed by atoms with Crippen molar-refractivity contribution in [2.75, 3.05) is 34.5 Å². The Morgan fingerprint density at radius 2 is 1.09 bits per heavy atom. The molecule has 0 bridgehead atoms. The highest BCUT2D eigenvalue weighted by atomic mass is 32.1. The van der Waals surface area contributed by atoms with Gasteiger partial charge in [0.05, 0.1) is 40.5 Å². The van der Waals surface area contributed by atoms with E-state index in [1.165, 1.54) is 22.7 Å². The topological polar surface area (TPSA) is 171 Å². The van der Waals surface area contributed by atoms with Crippen molar-refractivity contribution in [2.45, 2.75) is 54.8 Å². The fourth-order valence-corrected chi connectivity index (χ4v) is 6.20. The van der Waals surface area contributed by atoms with Crippen molar-refractivity contribution in [2.24, 2.45) is 11.8 Å². The normalized spacial score (nSPS) is 10.6. The number of amides is 4. The molecule has 0 unspecified atom stereocenters. The van der Waals surface area contributed by atoms with E-state index < -0.39 is 0 Å². The molecule has 4 heterocycles. The quantitative estimate of drug-likeness (QED) is 0.0736. The number of ether oxygens (including phenoxy) is 4. The second-order valence-corrected chi connectivity index (χ2v) is 16.0. The second kappa shape index (κ2) is 21.9. The van der Waals surface area contributed by atoms with Crippen molar-refractivity contribution in [1.29, 1.82) is 0 Å². The molecule has 0 saturated carbocycles. The lowest BCUT2D eigenvalue weighted by molar-refractivity contribution is 0.260. The minimum atomic E-state index is -0.377. The van der Waals surface area contributed by atoms with E-state index in [4.69, 9.17) is 18.9 Å². The highest BCUT2D eigenvalue weighted by Gasteiger charge is 2.14. The smallest absolute Gasteiger partial charge is 0.325 e. The average molecular weight is 825 g/mol. The number of aromatic nitrogens is 4. The van der Waals surface area contributed by atoms with Crippen LogP contribution < -0.4 is 40.2 Å². The zero-order valence-electron chi connectivity index (χ0n) is 33.3. The van der Waals surface area contributed by atoms with Crippen LogP contribution in [0.1, 0.15) is 48.6 Å². The summed E-state index contributed by atoms with van der Waals surface area (Å²) in [7, 11) is 0. The van der Waals surface area contributed by atoms with Crippen LogP contribution in [0.4, 0.5) is 31.2 Å². The minimum absolute atomic E-state index is 0.359. The van der Waals surface area contributed by atoms with Crippen LogP contribution in [0.5, 0.6) is 23.0 Å². The fourth-order valence-electron chi connectivity index (χ4n) is 4.76. The third-order valence-electron chi connectivity index (χ3n) is 7.51. The first-order valence-electron chi connectivity index (χ1n) is 18.6. The number of hydrogen-bond donors (Lipinski definition) is 4. The number of thiazole rings is 2. The van der Waals surface area contributed by atoms with Gasteiger partial charge in [0.15, 0.2) is 10.3 Å². The molecule has 4 aromatic heterocycles. The molecule has 0 fully saturated rings. The highest BCUT2D eigenvalue weighted by Crippen LogP contribution is 2.29. The molecular formula is C42H48N8O6S2. The van der Waals surface area contributed by atoms with E-state index in [0.717, 1.165) is 26.6 Å². The van der Waals surface area contributed by atoms with Crippen molar-refractivity contribution < 1.29 is 28.5 Å². The molecule has 6 aromatic rings. The molecule has 4 amide bonds. The summed E-state index contributed by atoms with van der Waals surface area (Å²) in [6.45, 7) is 14.2. The number of aryl methyl sites for hydroxylation is 2. The predicted octanol–water partition coefficient (Wildman–Crippen LogP) is 10.2. The SMILES string of the molecule is Cc1ccc(NC(=O)Nc2ncc(COc3cccnc3)s2)c(OCC(C)C)c1.Cc1ccc(NC(=O)Nc2ncc(COc3ccncc3)s2)c(OCC(C)C)c1. The van der Waals surface area contributed by atoms with Crippen LogP contribution in [-0.2, 0) is 13.2 Å². The number of carbonyl (C=O) groups excluding carboxylic acids is 2. The van der Waals surface area contributed by atoms with E-state index in [9.17, 15) is 9.59 Å². The Balaban J connectivity index is 0.000000221. The van der Waals surface area contributed by atoms with Gasteiger partial charge in [0, 0.05) is 31.0 Å². The Morgan fingerprint density at radius 1 is 0.586 bits per heavy atom. The second-order valence-electron chi connectivity index (χ2n) is 13.8. The van der Waals surface area contributed by atoms with Gasteiger partial charge in [-0.25, -0.2) is 19.6 Å². The van der Waals surface area contributed by atoms with Gasteiger partial charge in [-0.1, -0.05) is 62.5 Å². The van der Waals surface area contributed by atoms with Crippen LogP contribution in [-0.4, -0.2) is 45.2 Å². The summed E-state index contributed by atoms with van der Waals surface area (Å²) >= 11 is 2.71. The maximum Gasteiger partial charge on any atom is 0.325 e. The molecule has 0 saturated heterocycles. The number of urea groups is 2. The van der Waals surface area contributed by atoms with E-state index in [1.54, 1.807) is 49.3 Å². The van der Waals surface area contributed by atoms with Crippen molar-refractivity contribution in [3.05, 3.63) is 119 Å². The lowest BCUT2D eigenvalue weighted by atomic mass is 10.2. The summed E-state index contributed by atoms with van der Waals surface area (Å²) in [5.41, 5.74) is 3.36. The minimum Gasteiger partial charge on any atom is -0.491 e. The molecule has 2 aromatic carbocycles. The molecule has 58 heavy (non-hydrogen) atoms. The highest BCUT2D eigenvalue weighted by molar-refractivity contribution is 7.16. The maximum absolute atomic E-state index is 12.4. The van der Waals surface area contributed by atoms with Gasteiger partial charge in [-0.05, 0) is 85.3 Å². The number of hydrogen-bond acceptors (Lipinski definition) is 12. The Morgan fingerprint density at radius 3 is 1.55 bits per heavy atom. The molecule has 0 spiro atoms. The van der Waals surface area contributed by atoms with Crippen LogP contribution in [0.3, 0.4) is 0 Å². The van der Waals surface area contributed by atoms with E-state index in [-0.39, 0.29) is 12.1 Å². The Hall–Kier alpha value is -6.26. The molecule has 304 valence electrons. The lowest BCUT2D eigenvalue weighted by Gasteiger charge is -2.14. The summed E-state index contributed by atoms with van der Waals surface area (Å²) in [6.07, 6.45) is 10.0. The summed E-state index contributed by atoms with van der Waals surface area (Å²) in [5.74, 6) is 3.49. The van der Waals surface area contributed by atoms with E-state index in [0.29, 0.717) is 77.1 Å². The van der Waals surface area contributed by atoms with Gasteiger partial charge >= 0.3 is 12.1 Å². The number of anilines is 4. The number of rotatable bonds is 16. The third-order valence-corrected chi connectivity index (χ3v) is 9.28. The molecule has 14 nitrogen and oxygen atoms in total. The standard InChI is InChI=1S/2C21H24N4O3S/c1-14(2)12-28-19-10-15(3)4-5-18(19)24-20(26)25-21-23-11-17(29-21)13-27-16-6-8-22-9-7-16;1-14(2)12-28-19-9-15(3)6-7-18(19)24-20(26)25-21-23-11-17(29-21)13-27-16-5-4-8-22-10-16/h2*4-11,14H,12-13H2,1-3H3,(H2,23,24,25,26). The molecule has 0 aliphatic heterocycles. The molecule has 16 heteroatoms. The lowest BCUT2D eigenvalue weighted by Crippen LogP contribution is -2.20. The third kappa shape index (κ3) is 14.7. The zero-order chi connectivity index (χ0) is 41.3. The first kappa shape index (κ1) is 42.9.